The van der Waals surface area contributed by atoms with Crippen LogP contribution < -0.4 is 14.4 Å². The second-order valence-electron chi connectivity index (χ2n) is 7.44. The van der Waals surface area contributed by atoms with Crippen molar-refractivity contribution < 1.29 is 14.3 Å². The Kier molecular flexibility index (Phi) is 6.16. The van der Waals surface area contributed by atoms with Gasteiger partial charge in [-0.1, -0.05) is 51.8 Å². The van der Waals surface area contributed by atoms with Gasteiger partial charge in [-0.2, -0.15) is 0 Å². The van der Waals surface area contributed by atoms with Crippen LogP contribution in [0.2, 0.25) is 5.02 Å². The van der Waals surface area contributed by atoms with Crippen molar-refractivity contribution in [3.8, 4) is 11.5 Å². The van der Waals surface area contributed by atoms with E-state index in [4.69, 9.17) is 26.1 Å². The van der Waals surface area contributed by atoms with Crippen LogP contribution in [-0.2, 0) is 4.79 Å². The van der Waals surface area contributed by atoms with Gasteiger partial charge in [-0.15, -0.1) is 11.3 Å². The number of aliphatic imine (C=N–C) groups is 1. The Bertz CT molecular complexity index is 1480. The quantitative estimate of drug-likeness (QED) is 0.246. The van der Waals surface area contributed by atoms with Gasteiger partial charge in [0.1, 0.15) is 5.70 Å². The normalized spacial score (nSPS) is 14.7. The number of nitrogens with zero attached hydrogens (tertiary/aromatic N) is 2. The SMILES string of the molecule is COc1ccc(/C=C2/N=C(c3sc4ccccc4c3Cl)N(c3ccc(Br)cc3)C2=O)cc1OC. The topological polar surface area (TPSA) is 51.1 Å². The van der Waals surface area contributed by atoms with Crippen LogP contribution in [-0.4, -0.2) is 26.0 Å². The molecule has 4 aromatic rings. The molecule has 1 amide bonds. The Hall–Kier alpha value is -3.13. The van der Waals surface area contributed by atoms with Gasteiger partial charge in [-0.05, 0) is 54.1 Å². The first-order chi connectivity index (χ1) is 16.5. The van der Waals surface area contributed by atoms with Crippen molar-refractivity contribution in [1.29, 1.82) is 0 Å². The van der Waals surface area contributed by atoms with Crippen molar-refractivity contribution in [3.63, 3.8) is 0 Å². The zero-order chi connectivity index (χ0) is 23.8. The van der Waals surface area contributed by atoms with Crippen molar-refractivity contribution in [1.82, 2.24) is 0 Å². The standard InChI is InChI=1S/C26H18BrClN2O3S/c1-32-20-12-7-15(14-21(20)33-2)13-19-26(31)30(17-10-8-16(27)9-11-17)25(29-19)24-23(28)18-5-3-4-6-22(18)34-24/h3-14H,1-2H3/b19-13+. The number of carbonyl (C=O) groups excluding carboxylic acids is 1. The number of ether oxygens (including phenoxy) is 2. The Labute approximate surface area is 214 Å². The molecular weight excluding hydrogens is 536 g/mol. The molecular formula is C26H18BrClN2O3S. The van der Waals surface area contributed by atoms with Gasteiger partial charge in [0.25, 0.3) is 5.91 Å². The maximum Gasteiger partial charge on any atom is 0.282 e. The van der Waals surface area contributed by atoms with Crippen LogP contribution in [0.1, 0.15) is 10.4 Å². The Balaban J connectivity index is 1.66. The zero-order valence-corrected chi connectivity index (χ0v) is 21.4. The van der Waals surface area contributed by atoms with Gasteiger partial charge in [0.2, 0.25) is 0 Å². The number of anilines is 1. The smallest absolute Gasteiger partial charge is 0.282 e. The number of halogens is 2. The van der Waals surface area contributed by atoms with Crippen molar-refractivity contribution in [2.75, 3.05) is 19.1 Å². The van der Waals surface area contributed by atoms with Crippen LogP contribution in [0.4, 0.5) is 5.69 Å². The van der Waals surface area contributed by atoms with Crippen LogP contribution in [0.15, 0.2) is 81.9 Å². The molecule has 1 aromatic heterocycles. The van der Waals surface area contributed by atoms with E-state index < -0.39 is 0 Å². The highest BCUT2D eigenvalue weighted by Crippen LogP contribution is 2.39. The summed E-state index contributed by atoms with van der Waals surface area (Å²) in [5, 5.41) is 1.52. The van der Waals surface area contributed by atoms with E-state index in [-0.39, 0.29) is 5.91 Å². The highest BCUT2D eigenvalue weighted by Gasteiger charge is 2.35. The first kappa shape index (κ1) is 22.7. The summed E-state index contributed by atoms with van der Waals surface area (Å²) in [4.78, 5) is 20.7. The van der Waals surface area contributed by atoms with E-state index >= 15 is 0 Å². The van der Waals surface area contributed by atoms with Gasteiger partial charge in [0.15, 0.2) is 17.3 Å². The molecule has 3 aromatic carbocycles. The lowest BCUT2D eigenvalue weighted by Crippen LogP contribution is -2.32. The number of rotatable bonds is 5. The molecule has 0 atom stereocenters. The minimum atomic E-state index is -0.236. The van der Waals surface area contributed by atoms with Crippen molar-refractivity contribution in [2.45, 2.75) is 0 Å². The monoisotopic (exact) mass is 552 g/mol. The fourth-order valence-corrected chi connectivity index (χ4v) is 5.52. The molecule has 0 fully saturated rings. The number of hydrogen-bond donors (Lipinski definition) is 0. The fraction of sp³-hybridized carbons (Fsp3) is 0.0769. The van der Waals surface area contributed by atoms with Gasteiger partial charge in [-0.25, -0.2) is 4.99 Å². The lowest BCUT2D eigenvalue weighted by Gasteiger charge is -2.18. The molecule has 0 spiro atoms. The summed E-state index contributed by atoms with van der Waals surface area (Å²) in [7, 11) is 3.16. The number of carbonyl (C=O) groups is 1. The number of amides is 1. The van der Waals surface area contributed by atoms with Crippen LogP contribution in [0.5, 0.6) is 11.5 Å². The van der Waals surface area contributed by atoms with Crippen LogP contribution >= 0.6 is 38.9 Å². The van der Waals surface area contributed by atoms with E-state index in [1.165, 1.54) is 11.3 Å². The second-order valence-corrected chi connectivity index (χ2v) is 9.78. The summed E-state index contributed by atoms with van der Waals surface area (Å²) in [6, 6.07) is 20.9. The summed E-state index contributed by atoms with van der Waals surface area (Å²) < 4.78 is 12.7. The first-order valence-electron chi connectivity index (χ1n) is 10.3. The summed E-state index contributed by atoms with van der Waals surface area (Å²) in [6.45, 7) is 0. The lowest BCUT2D eigenvalue weighted by atomic mass is 10.1. The van der Waals surface area contributed by atoms with E-state index in [9.17, 15) is 4.79 Å². The fourth-order valence-electron chi connectivity index (χ4n) is 3.76. The van der Waals surface area contributed by atoms with Crippen LogP contribution in [0, 0.1) is 0 Å². The molecule has 2 heterocycles. The van der Waals surface area contributed by atoms with Crippen LogP contribution in [0.25, 0.3) is 16.2 Å². The summed E-state index contributed by atoms with van der Waals surface area (Å²) in [5.74, 6) is 1.45. The third kappa shape index (κ3) is 4.00. The second kappa shape index (κ2) is 9.25. The number of thiophene rings is 1. The van der Waals surface area contributed by atoms with Gasteiger partial charge < -0.3 is 9.47 Å². The molecule has 34 heavy (non-hydrogen) atoms. The average Bonchev–Trinajstić information content (AvgIpc) is 3.36. The molecule has 1 aliphatic heterocycles. The maximum atomic E-state index is 13.6. The highest BCUT2D eigenvalue weighted by atomic mass is 79.9. The largest absolute Gasteiger partial charge is 0.493 e. The summed E-state index contributed by atoms with van der Waals surface area (Å²) >= 11 is 11.8. The molecule has 5 nitrogen and oxygen atoms in total. The molecule has 0 radical (unpaired) electrons. The first-order valence-corrected chi connectivity index (χ1v) is 12.3. The molecule has 0 unspecified atom stereocenters. The number of hydrogen-bond acceptors (Lipinski definition) is 5. The number of benzene rings is 3. The Morgan fingerprint density at radius 1 is 1.00 bits per heavy atom. The van der Waals surface area contributed by atoms with E-state index in [1.54, 1.807) is 31.3 Å². The van der Waals surface area contributed by atoms with Crippen molar-refractivity contribution >= 4 is 72.5 Å². The lowest BCUT2D eigenvalue weighted by molar-refractivity contribution is -0.113. The average molecular weight is 554 g/mol. The predicted octanol–water partition coefficient (Wildman–Crippen LogP) is 7.17. The summed E-state index contributed by atoms with van der Waals surface area (Å²) in [6.07, 6.45) is 1.74. The molecule has 8 heteroatoms. The van der Waals surface area contributed by atoms with E-state index in [0.29, 0.717) is 33.7 Å². The maximum absolute atomic E-state index is 13.6. The third-order valence-corrected chi connectivity index (χ3v) is 7.59. The number of amidine groups is 1. The molecule has 0 saturated carbocycles. The van der Waals surface area contributed by atoms with Gasteiger partial charge in [0.05, 0.1) is 29.8 Å². The molecule has 0 aliphatic carbocycles. The van der Waals surface area contributed by atoms with E-state index in [1.807, 2.05) is 60.7 Å². The molecule has 170 valence electrons. The van der Waals surface area contributed by atoms with Crippen molar-refractivity contribution in [2.24, 2.45) is 4.99 Å². The molecule has 0 N–H and O–H groups in total. The van der Waals surface area contributed by atoms with Gasteiger partial charge in [0, 0.05) is 14.6 Å². The molecule has 5 rings (SSSR count). The van der Waals surface area contributed by atoms with Gasteiger partial charge in [-0.3, -0.25) is 9.69 Å². The molecule has 1 aliphatic rings. The van der Waals surface area contributed by atoms with E-state index in [2.05, 4.69) is 15.9 Å². The summed E-state index contributed by atoms with van der Waals surface area (Å²) in [5.41, 5.74) is 1.78. The van der Waals surface area contributed by atoms with Gasteiger partial charge >= 0.3 is 0 Å². The third-order valence-electron chi connectivity index (χ3n) is 5.39. The molecule has 0 saturated heterocycles. The van der Waals surface area contributed by atoms with Crippen molar-refractivity contribution in [3.05, 3.63) is 92.4 Å². The number of methoxy groups -OCH3 is 2. The minimum Gasteiger partial charge on any atom is -0.493 e. The Morgan fingerprint density at radius 3 is 2.44 bits per heavy atom. The molecule has 0 bridgehead atoms. The minimum absolute atomic E-state index is 0.236. The number of fused-ring (bicyclic) bond motifs is 1. The zero-order valence-electron chi connectivity index (χ0n) is 18.2. The van der Waals surface area contributed by atoms with E-state index in [0.717, 1.165) is 25.0 Å². The Morgan fingerprint density at radius 2 is 1.74 bits per heavy atom. The van der Waals surface area contributed by atoms with Crippen LogP contribution in [0.3, 0.4) is 0 Å². The highest BCUT2D eigenvalue weighted by molar-refractivity contribution is 9.10. The predicted molar refractivity (Wildman–Crippen MR) is 143 cm³/mol.